The molecule has 6 rings (SSSR count). The van der Waals surface area contributed by atoms with Gasteiger partial charge in [0.1, 0.15) is 0 Å². The SMILES string of the molecule is Clc1ccc(-c2ccccc2CC2C(NCc3cccs3)C3CCN2CC3)c(Cl)c1. The number of nitrogens with one attached hydrogen (secondary N) is 1. The van der Waals surface area contributed by atoms with Crippen LogP contribution in [0.5, 0.6) is 0 Å². The van der Waals surface area contributed by atoms with Gasteiger partial charge in [-0.3, -0.25) is 4.90 Å². The largest absolute Gasteiger partial charge is 0.307 e. The van der Waals surface area contributed by atoms with Gasteiger partial charge in [0.05, 0.1) is 0 Å². The average molecular weight is 457 g/mol. The number of thiophene rings is 1. The summed E-state index contributed by atoms with van der Waals surface area (Å²) in [4.78, 5) is 4.12. The number of piperidine rings is 3. The van der Waals surface area contributed by atoms with Crippen LogP contribution in [0.25, 0.3) is 11.1 Å². The Kier molecular flexibility index (Phi) is 6.17. The van der Waals surface area contributed by atoms with Crippen LogP contribution in [-0.2, 0) is 13.0 Å². The van der Waals surface area contributed by atoms with Crippen molar-refractivity contribution in [1.29, 1.82) is 0 Å². The van der Waals surface area contributed by atoms with Crippen LogP contribution < -0.4 is 5.32 Å². The predicted molar refractivity (Wildman–Crippen MR) is 129 cm³/mol. The van der Waals surface area contributed by atoms with E-state index >= 15 is 0 Å². The molecule has 4 heterocycles. The molecule has 0 aliphatic carbocycles. The number of halogens is 2. The summed E-state index contributed by atoms with van der Waals surface area (Å²) >= 11 is 14.5. The molecule has 3 aliphatic heterocycles. The van der Waals surface area contributed by atoms with Crippen molar-refractivity contribution in [2.45, 2.75) is 37.9 Å². The predicted octanol–water partition coefficient (Wildman–Crippen LogP) is 6.52. The van der Waals surface area contributed by atoms with Gasteiger partial charge in [-0.2, -0.15) is 0 Å². The van der Waals surface area contributed by atoms with Gasteiger partial charge in [0.2, 0.25) is 0 Å². The van der Waals surface area contributed by atoms with Crippen LogP contribution >= 0.6 is 34.5 Å². The van der Waals surface area contributed by atoms with Crippen LogP contribution in [-0.4, -0.2) is 30.1 Å². The lowest BCUT2D eigenvalue weighted by Crippen LogP contribution is -2.63. The summed E-state index contributed by atoms with van der Waals surface area (Å²) in [6, 6.07) is 19.9. The molecule has 3 fully saturated rings. The molecule has 2 bridgehead atoms. The second-order valence-electron chi connectivity index (χ2n) is 8.41. The van der Waals surface area contributed by atoms with E-state index in [9.17, 15) is 0 Å². The van der Waals surface area contributed by atoms with Gasteiger partial charge in [0.25, 0.3) is 0 Å². The Balaban J connectivity index is 1.42. The lowest BCUT2D eigenvalue weighted by molar-refractivity contribution is 0.0128. The molecule has 2 atom stereocenters. The van der Waals surface area contributed by atoms with E-state index in [1.54, 1.807) is 0 Å². The first-order chi connectivity index (χ1) is 14.7. The highest BCUT2D eigenvalue weighted by atomic mass is 35.5. The summed E-state index contributed by atoms with van der Waals surface area (Å²) in [6.45, 7) is 3.40. The van der Waals surface area contributed by atoms with Crippen molar-refractivity contribution in [3.8, 4) is 11.1 Å². The molecule has 156 valence electrons. The highest BCUT2D eigenvalue weighted by Crippen LogP contribution is 2.37. The molecule has 3 saturated heterocycles. The molecule has 1 N–H and O–H groups in total. The van der Waals surface area contributed by atoms with Crippen molar-refractivity contribution in [2.24, 2.45) is 5.92 Å². The first-order valence-corrected chi connectivity index (χ1v) is 12.4. The number of hydrogen-bond acceptors (Lipinski definition) is 3. The monoisotopic (exact) mass is 456 g/mol. The van der Waals surface area contributed by atoms with Crippen molar-refractivity contribution in [3.63, 3.8) is 0 Å². The normalized spacial score (nSPS) is 25.5. The van der Waals surface area contributed by atoms with Gasteiger partial charge in [-0.1, -0.05) is 59.6 Å². The summed E-state index contributed by atoms with van der Waals surface area (Å²) < 4.78 is 0. The molecule has 3 aromatic rings. The molecule has 3 aliphatic rings. The summed E-state index contributed by atoms with van der Waals surface area (Å²) in [6.07, 6.45) is 3.65. The molecule has 0 saturated carbocycles. The highest BCUT2D eigenvalue weighted by Gasteiger charge is 2.41. The summed E-state index contributed by atoms with van der Waals surface area (Å²) in [7, 11) is 0. The molecular formula is C25H26Cl2N2S. The van der Waals surface area contributed by atoms with Crippen molar-refractivity contribution in [3.05, 3.63) is 80.5 Å². The molecule has 30 heavy (non-hydrogen) atoms. The van der Waals surface area contributed by atoms with Gasteiger partial charge in [-0.15, -0.1) is 11.3 Å². The van der Waals surface area contributed by atoms with E-state index in [4.69, 9.17) is 23.2 Å². The van der Waals surface area contributed by atoms with E-state index in [0.29, 0.717) is 22.1 Å². The third-order valence-corrected chi connectivity index (χ3v) is 8.15. The third-order valence-electron chi connectivity index (χ3n) is 6.73. The minimum atomic E-state index is 0.518. The van der Waals surface area contributed by atoms with Gasteiger partial charge in [-0.25, -0.2) is 0 Å². The molecule has 2 unspecified atom stereocenters. The fourth-order valence-corrected chi connectivity index (χ4v) is 6.40. The zero-order chi connectivity index (χ0) is 20.5. The molecule has 2 aromatic carbocycles. The summed E-state index contributed by atoms with van der Waals surface area (Å²) in [5.74, 6) is 0.770. The van der Waals surface area contributed by atoms with Crippen LogP contribution in [0.15, 0.2) is 60.0 Å². The summed E-state index contributed by atoms with van der Waals surface area (Å²) in [5, 5.41) is 7.48. The van der Waals surface area contributed by atoms with Gasteiger partial charge in [-0.05, 0) is 73.0 Å². The van der Waals surface area contributed by atoms with E-state index in [1.807, 2.05) is 29.5 Å². The van der Waals surface area contributed by atoms with E-state index in [2.05, 4.69) is 52.0 Å². The maximum absolute atomic E-state index is 6.57. The zero-order valence-corrected chi connectivity index (χ0v) is 19.2. The quantitative estimate of drug-likeness (QED) is 0.454. The second kappa shape index (κ2) is 9.02. The number of nitrogens with zero attached hydrogens (tertiary/aromatic N) is 1. The van der Waals surface area contributed by atoms with Crippen LogP contribution in [0, 0.1) is 5.92 Å². The molecule has 1 aromatic heterocycles. The van der Waals surface area contributed by atoms with Gasteiger partial charge in [0.15, 0.2) is 0 Å². The first-order valence-electron chi connectivity index (χ1n) is 10.7. The smallest absolute Gasteiger partial charge is 0.0499 e. The first kappa shape index (κ1) is 20.5. The molecule has 5 heteroatoms. The van der Waals surface area contributed by atoms with Crippen LogP contribution in [0.1, 0.15) is 23.3 Å². The summed E-state index contributed by atoms with van der Waals surface area (Å²) in [5.41, 5.74) is 3.65. The van der Waals surface area contributed by atoms with Crippen LogP contribution in [0.4, 0.5) is 0 Å². The van der Waals surface area contributed by atoms with Gasteiger partial charge < -0.3 is 5.32 Å². The van der Waals surface area contributed by atoms with Crippen molar-refractivity contribution >= 4 is 34.5 Å². The minimum Gasteiger partial charge on any atom is -0.307 e. The Bertz CT molecular complexity index is 996. The molecule has 0 radical (unpaired) electrons. The van der Waals surface area contributed by atoms with E-state index in [1.165, 1.54) is 41.9 Å². The molecule has 2 nitrogen and oxygen atoms in total. The Morgan fingerprint density at radius 1 is 0.967 bits per heavy atom. The average Bonchev–Trinajstić information content (AvgIpc) is 3.28. The van der Waals surface area contributed by atoms with Gasteiger partial charge >= 0.3 is 0 Å². The van der Waals surface area contributed by atoms with Gasteiger partial charge in [0, 0.05) is 39.1 Å². The fourth-order valence-electron chi connectivity index (χ4n) is 5.24. The van der Waals surface area contributed by atoms with Crippen LogP contribution in [0.3, 0.4) is 0 Å². The minimum absolute atomic E-state index is 0.518. The number of fused-ring (bicyclic) bond motifs is 3. The fraction of sp³-hybridized carbons (Fsp3) is 0.360. The zero-order valence-electron chi connectivity index (χ0n) is 16.9. The topological polar surface area (TPSA) is 15.3 Å². The van der Waals surface area contributed by atoms with Crippen LogP contribution in [0.2, 0.25) is 10.0 Å². The molecule has 0 amide bonds. The maximum Gasteiger partial charge on any atom is 0.0499 e. The maximum atomic E-state index is 6.57. The molecular weight excluding hydrogens is 431 g/mol. The Hall–Kier alpha value is -1.36. The van der Waals surface area contributed by atoms with Crippen molar-refractivity contribution < 1.29 is 0 Å². The Labute approximate surface area is 192 Å². The second-order valence-corrected chi connectivity index (χ2v) is 10.3. The third kappa shape index (κ3) is 4.19. The van der Waals surface area contributed by atoms with Crippen molar-refractivity contribution in [2.75, 3.05) is 13.1 Å². The standard InChI is InChI=1S/C25H26Cl2N2S/c26-19-7-8-22(23(27)15-19)21-6-2-1-4-18(21)14-24-25(17-9-11-29(24)12-10-17)28-16-20-5-3-13-30-20/h1-8,13,15,17,24-25,28H,9-12,14,16H2. The lowest BCUT2D eigenvalue weighted by Gasteiger charge is -2.51. The van der Waals surface area contributed by atoms with E-state index < -0.39 is 0 Å². The number of rotatable bonds is 6. The number of hydrogen-bond donors (Lipinski definition) is 1. The Morgan fingerprint density at radius 3 is 2.57 bits per heavy atom. The molecule has 0 spiro atoms. The van der Waals surface area contributed by atoms with Crippen molar-refractivity contribution in [1.82, 2.24) is 10.2 Å². The highest BCUT2D eigenvalue weighted by molar-refractivity contribution is 7.09. The lowest BCUT2D eigenvalue weighted by atomic mass is 9.76. The van der Waals surface area contributed by atoms with E-state index in [0.717, 1.165) is 24.4 Å². The number of benzene rings is 2. The van der Waals surface area contributed by atoms with E-state index in [-0.39, 0.29) is 0 Å². The Morgan fingerprint density at radius 2 is 1.80 bits per heavy atom.